The molecule has 1 aromatic rings. The fourth-order valence-electron chi connectivity index (χ4n) is 2.34. The summed E-state index contributed by atoms with van der Waals surface area (Å²) in [4.78, 5) is 2.49. The second-order valence-electron chi connectivity index (χ2n) is 5.70. The zero-order valence-electron chi connectivity index (χ0n) is 11.0. The summed E-state index contributed by atoms with van der Waals surface area (Å²) in [6, 6.07) is 7.12. The molecule has 1 saturated heterocycles. The Morgan fingerprint density at radius 2 is 2.12 bits per heavy atom. The van der Waals surface area contributed by atoms with Gasteiger partial charge in [-0.1, -0.05) is 6.07 Å². The number of nitrogens with one attached hydrogen (secondary N) is 1. The van der Waals surface area contributed by atoms with Crippen molar-refractivity contribution in [3.05, 3.63) is 28.2 Å². The molecule has 0 spiro atoms. The molecule has 0 aliphatic carbocycles. The van der Waals surface area contributed by atoms with Crippen LogP contribution in [0.5, 0.6) is 0 Å². The van der Waals surface area contributed by atoms with Gasteiger partial charge in [0.05, 0.1) is 5.69 Å². The summed E-state index contributed by atoms with van der Waals surface area (Å²) in [5.41, 5.74) is 2.77. The number of benzene rings is 1. The van der Waals surface area contributed by atoms with Gasteiger partial charge in [-0.05, 0) is 61.3 Å². The maximum Gasteiger partial charge on any atom is 0.0514 e. The maximum absolute atomic E-state index is 3.69. The molecule has 1 unspecified atom stereocenters. The molecular formula is C14H21BrN2. The second kappa shape index (κ2) is 4.62. The molecule has 0 bridgehead atoms. The first kappa shape index (κ1) is 12.9. The number of rotatable bonds is 1. The number of nitrogens with zero attached hydrogens (tertiary/aromatic N) is 1. The molecular weight excluding hydrogens is 276 g/mol. The summed E-state index contributed by atoms with van der Waals surface area (Å²) in [5, 5.41) is 3.58. The highest BCUT2D eigenvalue weighted by atomic mass is 79.9. The minimum absolute atomic E-state index is 0.177. The van der Waals surface area contributed by atoms with Crippen LogP contribution >= 0.6 is 15.9 Å². The standard InChI is InChI=1S/C14H21BrN2/c1-10-5-6-13(12(15)7-10)17-9-14(3,4)16-8-11(17)2/h5-7,11,16H,8-9H2,1-4H3. The van der Waals surface area contributed by atoms with Crippen LogP contribution in [-0.4, -0.2) is 24.7 Å². The summed E-state index contributed by atoms with van der Waals surface area (Å²) < 4.78 is 1.20. The van der Waals surface area contributed by atoms with Gasteiger partial charge in [0.2, 0.25) is 0 Å². The van der Waals surface area contributed by atoms with Crippen LogP contribution in [0.2, 0.25) is 0 Å². The first-order valence-electron chi connectivity index (χ1n) is 6.17. The van der Waals surface area contributed by atoms with E-state index in [1.165, 1.54) is 15.7 Å². The summed E-state index contributed by atoms with van der Waals surface area (Å²) >= 11 is 3.69. The van der Waals surface area contributed by atoms with Crippen LogP contribution in [0.1, 0.15) is 26.3 Å². The lowest BCUT2D eigenvalue weighted by atomic mass is 9.98. The first-order chi connectivity index (χ1) is 7.89. The van der Waals surface area contributed by atoms with Crippen LogP contribution in [0.25, 0.3) is 0 Å². The normalized spacial score (nSPS) is 23.8. The van der Waals surface area contributed by atoms with Crippen molar-refractivity contribution in [3.63, 3.8) is 0 Å². The molecule has 1 heterocycles. The number of anilines is 1. The molecule has 0 radical (unpaired) electrons. The molecule has 3 heteroatoms. The number of hydrogen-bond donors (Lipinski definition) is 1. The van der Waals surface area contributed by atoms with Gasteiger partial charge < -0.3 is 10.2 Å². The first-order valence-corrected chi connectivity index (χ1v) is 6.96. The van der Waals surface area contributed by atoms with Crippen molar-refractivity contribution in [2.75, 3.05) is 18.0 Å². The Morgan fingerprint density at radius 1 is 1.41 bits per heavy atom. The average molecular weight is 297 g/mol. The van der Waals surface area contributed by atoms with E-state index in [2.05, 4.69) is 72.0 Å². The fraction of sp³-hybridized carbons (Fsp3) is 0.571. The van der Waals surface area contributed by atoms with Gasteiger partial charge in [0, 0.05) is 29.1 Å². The molecule has 0 amide bonds. The van der Waals surface area contributed by atoms with Crippen molar-refractivity contribution < 1.29 is 0 Å². The topological polar surface area (TPSA) is 15.3 Å². The minimum atomic E-state index is 0.177. The van der Waals surface area contributed by atoms with E-state index in [0.717, 1.165) is 13.1 Å². The van der Waals surface area contributed by atoms with E-state index < -0.39 is 0 Å². The lowest BCUT2D eigenvalue weighted by Crippen LogP contribution is -2.61. The van der Waals surface area contributed by atoms with Crippen molar-refractivity contribution in [2.24, 2.45) is 0 Å². The molecule has 1 aliphatic heterocycles. The van der Waals surface area contributed by atoms with Gasteiger partial charge in [-0.25, -0.2) is 0 Å². The Kier molecular flexibility index (Phi) is 3.50. The third-order valence-electron chi connectivity index (χ3n) is 3.39. The summed E-state index contributed by atoms with van der Waals surface area (Å²) in [7, 11) is 0. The summed E-state index contributed by atoms with van der Waals surface area (Å²) in [5.74, 6) is 0. The molecule has 17 heavy (non-hydrogen) atoms. The monoisotopic (exact) mass is 296 g/mol. The van der Waals surface area contributed by atoms with Crippen molar-refractivity contribution >= 4 is 21.6 Å². The smallest absolute Gasteiger partial charge is 0.0514 e. The van der Waals surface area contributed by atoms with Gasteiger partial charge in [-0.15, -0.1) is 0 Å². The van der Waals surface area contributed by atoms with Crippen LogP contribution in [0.3, 0.4) is 0 Å². The highest BCUT2D eigenvalue weighted by Crippen LogP contribution is 2.31. The Morgan fingerprint density at radius 3 is 2.76 bits per heavy atom. The van der Waals surface area contributed by atoms with E-state index in [0.29, 0.717) is 6.04 Å². The van der Waals surface area contributed by atoms with E-state index in [1.54, 1.807) is 0 Å². The minimum Gasteiger partial charge on any atom is -0.365 e. The van der Waals surface area contributed by atoms with Crippen molar-refractivity contribution in [1.82, 2.24) is 5.32 Å². The number of piperazine rings is 1. The zero-order valence-corrected chi connectivity index (χ0v) is 12.6. The van der Waals surface area contributed by atoms with E-state index in [9.17, 15) is 0 Å². The molecule has 94 valence electrons. The Bertz CT molecular complexity index is 415. The second-order valence-corrected chi connectivity index (χ2v) is 6.55. The van der Waals surface area contributed by atoms with E-state index in [-0.39, 0.29) is 5.54 Å². The van der Waals surface area contributed by atoms with Crippen LogP contribution in [0.4, 0.5) is 5.69 Å². The molecule has 2 rings (SSSR count). The predicted octanol–water partition coefficient (Wildman–Crippen LogP) is 3.33. The van der Waals surface area contributed by atoms with Crippen LogP contribution in [0, 0.1) is 6.92 Å². The Hall–Kier alpha value is -0.540. The molecule has 0 aromatic heterocycles. The lowest BCUT2D eigenvalue weighted by molar-refractivity contribution is 0.318. The average Bonchev–Trinajstić information content (AvgIpc) is 2.22. The Balaban J connectivity index is 2.31. The van der Waals surface area contributed by atoms with Crippen molar-refractivity contribution in [3.8, 4) is 0 Å². The third kappa shape index (κ3) is 2.83. The lowest BCUT2D eigenvalue weighted by Gasteiger charge is -2.45. The van der Waals surface area contributed by atoms with Crippen molar-refractivity contribution in [2.45, 2.75) is 39.3 Å². The molecule has 1 N–H and O–H groups in total. The summed E-state index contributed by atoms with van der Waals surface area (Å²) in [6.07, 6.45) is 0. The van der Waals surface area contributed by atoms with Crippen molar-refractivity contribution in [1.29, 1.82) is 0 Å². The van der Waals surface area contributed by atoms with E-state index >= 15 is 0 Å². The van der Waals surface area contributed by atoms with Crippen LogP contribution in [0.15, 0.2) is 22.7 Å². The van der Waals surface area contributed by atoms with E-state index in [1.807, 2.05) is 0 Å². The van der Waals surface area contributed by atoms with Gasteiger partial charge in [0.1, 0.15) is 0 Å². The van der Waals surface area contributed by atoms with Gasteiger partial charge in [0.15, 0.2) is 0 Å². The number of aryl methyl sites for hydroxylation is 1. The fourth-order valence-corrected chi connectivity index (χ4v) is 3.06. The number of hydrogen-bond acceptors (Lipinski definition) is 2. The molecule has 0 saturated carbocycles. The molecule has 1 atom stereocenters. The highest BCUT2D eigenvalue weighted by Gasteiger charge is 2.30. The Labute approximate surface area is 113 Å². The molecule has 1 fully saturated rings. The van der Waals surface area contributed by atoms with Gasteiger partial charge >= 0.3 is 0 Å². The third-order valence-corrected chi connectivity index (χ3v) is 4.02. The highest BCUT2D eigenvalue weighted by molar-refractivity contribution is 9.10. The van der Waals surface area contributed by atoms with Crippen LogP contribution in [-0.2, 0) is 0 Å². The van der Waals surface area contributed by atoms with E-state index in [4.69, 9.17) is 0 Å². The predicted molar refractivity (Wildman–Crippen MR) is 77.8 cm³/mol. The number of halogens is 1. The molecule has 2 nitrogen and oxygen atoms in total. The maximum atomic E-state index is 3.69. The van der Waals surface area contributed by atoms with Gasteiger partial charge in [-0.2, -0.15) is 0 Å². The largest absolute Gasteiger partial charge is 0.365 e. The van der Waals surface area contributed by atoms with Gasteiger partial charge in [0.25, 0.3) is 0 Å². The molecule has 1 aliphatic rings. The van der Waals surface area contributed by atoms with Crippen LogP contribution < -0.4 is 10.2 Å². The summed E-state index contributed by atoms with van der Waals surface area (Å²) in [6.45, 7) is 11.0. The zero-order chi connectivity index (χ0) is 12.6. The van der Waals surface area contributed by atoms with Gasteiger partial charge in [-0.3, -0.25) is 0 Å². The SMILES string of the molecule is Cc1ccc(N2CC(C)(C)NCC2C)c(Br)c1. The quantitative estimate of drug-likeness (QED) is 0.855. The molecule has 1 aromatic carbocycles.